The van der Waals surface area contributed by atoms with Gasteiger partial charge < -0.3 is 14.7 Å². The lowest BCUT2D eigenvalue weighted by atomic mass is 9.68. The summed E-state index contributed by atoms with van der Waals surface area (Å²) in [6.07, 6.45) is 4.93. The number of aromatic nitrogens is 2. The fourth-order valence-electron chi connectivity index (χ4n) is 3.53. The van der Waals surface area contributed by atoms with Crippen molar-refractivity contribution in [1.82, 2.24) is 20.4 Å². The molecule has 2 fully saturated rings. The minimum atomic E-state index is -0.0544. The van der Waals surface area contributed by atoms with Crippen molar-refractivity contribution in [3.05, 3.63) is 35.2 Å². The molecule has 1 spiro atoms. The molecular weight excluding hydrogens is 328 g/mol. The number of rotatable bonds is 3. The van der Waals surface area contributed by atoms with Gasteiger partial charge in [0.25, 0.3) is 0 Å². The predicted molar refractivity (Wildman–Crippen MR) is 89.5 cm³/mol. The predicted octanol–water partition coefficient (Wildman–Crippen LogP) is 3.48. The van der Waals surface area contributed by atoms with Crippen molar-refractivity contribution >= 4 is 17.6 Å². The largest absolute Gasteiger partial charge is 0.337 e. The molecule has 0 unspecified atom stereocenters. The second kappa shape index (κ2) is 6.09. The van der Waals surface area contributed by atoms with E-state index in [1.807, 2.05) is 17.0 Å². The molecule has 0 atom stereocenters. The average Bonchev–Trinajstić information content (AvgIpc) is 3.19. The van der Waals surface area contributed by atoms with E-state index in [1.54, 1.807) is 12.1 Å². The second-order valence-electron chi connectivity index (χ2n) is 6.71. The van der Waals surface area contributed by atoms with Crippen LogP contribution in [0.25, 0.3) is 11.4 Å². The number of nitrogens with one attached hydrogen (secondary N) is 1. The van der Waals surface area contributed by atoms with Gasteiger partial charge in [-0.25, -0.2) is 4.79 Å². The number of hydrogen-bond acceptors (Lipinski definition) is 4. The number of amides is 2. The normalized spacial score (nSPS) is 18.6. The zero-order valence-corrected chi connectivity index (χ0v) is 14.1. The molecular formula is C17H19ClN4O2. The topological polar surface area (TPSA) is 71.3 Å². The number of urea groups is 1. The monoisotopic (exact) mass is 346 g/mol. The number of nitrogens with zero attached hydrogens (tertiary/aromatic N) is 3. The molecule has 0 bridgehead atoms. The minimum absolute atomic E-state index is 0.0544. The molecule has 7 heteroatoms. The highest BCUT2D eigenvalue weighted by atomic mass is 35.5. The number of carbonyl (C=O) groups is 1. The van der Waals surface area contributed by atoms with E-state index < -0.39 is 0 Å². The number of halogens is 1. The van der Waals surface area contributed by atoms with E-state index >= 15 is 0 Å². The molecule has 4 rings (SSSR count). The van der Waals surface area contributed by atoms with Gasteiger partial charge in [-0.3, -0.25) is 0 Å². The lowest BCUT2D eigenvalue weighted by Gasteiger charge is -2.37. The Balaban J connectivity index is 1.34. The first-order valence-electron chi connectivity index (χ1n) is 8.25. The van der Waals surface area contributed by atoms with Crippen LogP contribution in [0, 0.1) is 5.41 Å². The molecule has 2 aliphatic rings. The fraction of sp³-hybridized carbons (Fsp3) is 0.471. The SMILES string of the molecule is O=C(NCc1nc(-c2cccc(Cl)c2)no1)N1CCC2(CCC2)C1. The maximum absolute atomic E-state index is 12.3. The van der Waals surface area contributed by atoms with Crippen molar-refractivity contribution in [3.8, 4) is 11.4 Å². The molecule has 1 saturated carbocycles. The van der Waals surface area contributed by atoms with Gasteiger partial charge in [0.2, 0.25) is 11.7 Å². The van der Waals surface area contributed by atoms with E-state index in [2.05, 4.69) is 15.5 Å². The van der Waals surface area contributed by atoms with Crippen LogP contribution in [-0.4, -0.2) is 34.2 Å². The molecule has 1 N–H and O–H groups in total. The molecule has 126 valence electrons. The maximum atomic E-state index is 12.3. The van der Waals surface area contributed by atoms with E-state index in [4.69, 9.17) is 16.1 Å². The number of benzene rings is 1. The van der Waals surface area contributed by atoms with E-state index in [9.17, 15) is 4.79 Å². The van der Waals surface area contributed by atoms with Crippen LogP contribution in [0.1, 0.15) is 31.6 Å². The van der Waals surface area contributed by atoms with Crippen LogP contribution in [0.4, 0.5) is 4.79 Å². The van der Waals surface area contributed by atoms with Gasteiger partial charge in [-0.2, -0.15) is 4.98 Å². The summed E-state index contributed by atoms with van der Waals surface area (Å²) in [6.45, 7) is 1.94. The van der Waals surface area contributed by atoms with Gasteiger partial charge in [0.05, 0.1) is 6.54 Å². The molecule has 0 radical (unpaired) electrons. The Morgan fingerprint density at radius 2 is 2.25 bits per heavy atom. The van der Waals surface area contributed by atoms with Crippen molar-refractivity contribution in [2.75, 3.05) is 13.1 Å². The van der Waals surface area contributed by atoms with Crippen LogP contribution in [0.3, 0.4) is 0 Å². The Morgan fingerprint density at radius 3 is 2.96 bits per heavy atom. The summed E-state index contributed by atoms with van der Waals surface area (Å²) in [5.41, 5.74) is 1.19. The lowest BCUT2D eigenvalue weighted by Crippen LogP contribution is -2.41. The quantitative estimate of drug-likeness (QED) is 0.923. The Bertz CT molecular complexity index is 757. The third-order valence-electron chi connectivity index (χ3n) is 5.08. The minimum Gasteiger partial charge on any atom is -0.337 e. The van der Waals surface area contributed by atoms with Gasteiger partial charge in [-0.05, 0) is 36.8 Å². The maximum Gasteiger partial charge on any atom is 0.317 e. The van der Waals surface area contributed by atoms with Crippen LogP contribution < -0.4 is 5.32 Å². The smallest absolute Gasteiger partial charge is 0.317 e. The Labute approximate surface area is 145 Å². The molecule has 1 saturated heterocycles. The van der Waals surface area contributed by atoms with Crippen LogP contribution >= 0.6 is 11.6 Å². The van der Waals surface area contributed by atoms with Crippen LogP contribution in [0.15, 0.2) is 28.8 Å². The van der Waals surface area contributed by atoms with Crippen molar-refractivity contribution in [3.63, 3.8) is 0 Å². The van der Waals surface area contributed by atoms with Gasteiger partial charge in [-0.15, -0.1) is 0 Å². The summed E-state index contributed by atoms with van der Waals surface area (Å²) in [6, 6.07) is 7.20. The summed E-state index contributed by atoms with van der Waals surface area (Å²) in [7, 11) is 0. The standard InChI is InChI=1S/C17H19ClN4O2/c18-13-4-1-3-12(9-13)15-20-14(24-21-15)10-19-16(23)22-8-7-17(11-22)5-2-6-17/h1,3-4,9H,2,5-8,10-11H2,(H,19,23). The number of likely N-dealkylation sites (tertiary alicyclic amines) is 1. The van der Waals surface area contributed by atoms with Crippen LogP contribution in [0.2, 0.25) is 5.02 Å². The molecule has 1 aromatic carbocycles. The Hall–Kier alpha value is -2.08. The van der Waals surface area contributed by atoms with Gasteiger partial charge in [0, 0.05) is 23.7 Å². The summed E-state index contributed by atoms with van der Waals surface area (Å²) in [5.74, 6) is 0.854. The summed E-state index contributed by atoms with van der Waals surface area (Å²) < 4.78 is 5.21. The first-order chi connectivity index (χ1) is 11.6. The summed E-state index contributed by atoms with van der Waals surface area (Å²) in [5, 5.41) is 7.42. The summed E-state index contributed by atoms with van der Waals surface area (Å²) >= 11 is 5.97. The number of hydrogen-bond donors (Lipinski definition) is 1. The van der Waals surface area contributed by atoms with Crippen molar-refractivity contribution in [1.29, 1.82) is 0 Å². The molecule has 2 amide bonds. The fourth-order valence-corrected chi connectivity index (χ4v) is 3.72. The van der Waals surface area contributed by atoms with Gasteiger partial charge in [0.1, 0.15) is 0 Å². The van der Waals surface area contributed by atoms with Gasteiger partial charge in [-0.1, -0.05) is 35.3 Å². The third-order valence-corrected chi connectivity index (χ3v) is 5.32. The van der Waals surface area contributed by atoms with E-state index in [-0.39, 0.29) is 12.6 Å². The Kier molecular flexibility index (Phi) is 3.92. The van der Waals surface area contributed by atoms with Crippen LogP contribution in [-0.2, 0) is 6.54 Å². The molecule has 2 heterocycles. The molecule has 2 aromatic rings. The van der Waals surface area contributed by atoms with Crippen LogP contribution in [0.5, 0.6) is 0 Å². The first kappa shape index (κ1) is 15.4. The molecule has 6 nitrogen and oxygen atoms in total. The van der Waals surface area contributed by atoms with E-state index in [1.165, 1.54) is 19.3 Å². The van der Waals surface area contributed by atoms with Crippen molar-refractivity contribution in [2.24, 2.45) is 5.41 Å². The van der Waals surface area contributed by atoms with Gasteiger partial charge >= 0.3 is 6.03 Å². The zero-order valence-electron chi connectivity index (χ0n) is 13.3. The third kappa shape index (κ3) is 2.98. The molecule has 1 aliphatic carbocycles. The average molecular weight is 347 g/mol. The highest BCUT2D eigenvalue weighted by Crippen LogP contribution is 2.47. The first-order valence-corrected chi connectivity index (χ1v) is 8.63. The van der Waals surface area contributed by atoms with Crippen molar-refractivity contribution < 1.29 is 9.32 Å². The highest BCUT2D eigenvalue weighted by Gasteiger charge is 2.44. The molecule has 1 aliphatic heterocycles. The van der Waals surface area contributed by atoms with E-state index in [0.29, 0.717) is 22.2 Å². The second-order valence-corrected chi connectivity index (χ2v) is 7.14. The zero-order chi connectivity index (χ0) is 16.6. The highest BCUT2D eigenvalue weighted by molar-refractivity contribution is 6.30. The van der Waals surface area contributed by atoms with Gasteiger partial charge in [0.15, 0.2) is 0 Å². The lowest BCUT2D eigenvalue weighted by molar-refractivity contribution is 0.140. The Morgan fingerprint density at radius 1 is 1.38 bits per heavy atom. The molecule has 24 heavy (non-hydrogen) atoms. The molecule has 1 aromatic heterocycles. The van der Waals surface area contributed by atoms with Crippen molar-refractivity contribution in [2.45, 2.75) is 32.2 Å². The van der Waals surface area contributed by atoms with E-state index in [0.717, 1.165) is 25.1 Å². The number of carbonyl (C=O) groups excluding carboxylic acids is 1. The summed E-state index contributed by atoms with van der Waals surface area (Å²) in [4.78, 5) is 18.5.